The molecule has 1 aromatic carbocycles. The second-order valence-corrected chi connectivity index (χ2v) is 8.28. The molecule has 0 fully saturated rings. The lowest BCUT2D eigenvalue weighted by atomic mass is 10.3. The third-order valence-corrected chi connectivity index (χ3v) is 5.71. The summed E-state index contributed by atoms with van der Waals surface area (Å²) in [5, 5.41) is 10.7. The van der Waals surface area contributed by atoms with Crippen LogP contribution < -0.4 is 4.72 Å². The number of anilines is 1. The second-order valence-electron chi connectivity index (χ2n) is 4.00. The molecule has 0 aliphatic rings. The standard InChI is InChI=1S/C11H8BrFN2O4S2/c1-6-10(5-11(12)20-6)21(18,19)14-9-4-7(15(16)17)2-3-8(9)13/h2-5,14H,1H3. The lowest BCUT2D eigenvalue weighted by molar-refractivity contribution is -0.384. The Hall–Kier alpha value is -1.52. The normalized spacial score (nSPS) is 11.4. The van der Waals surface area contributed by atoms with Gasteiger partial charge >= 0.3 is 0 Å². The highest BCUT2D eigenvalue weighted by atomic mass is 79.9. The van der Waals surface area contributed by atoms with E-state index in [9.17, 15) is 22.9 Å². The number of hydrogen-bond donors (Lipinski definition) is 1. The van der Waals surface area contributed by atoms with Gasteiger partial charge in [-0.3, -0.25) is 14.8 Å². The first-order valence-corrected chi connectivity index (χ1v) is 8.52. The van der Waals surface area contributed by atoms with Crippen molar-refractivity contribution in [2.75, 3.05) is 4.72 Å². The monoisotopic (exact) mass is 394 g/mol. The molecule has 2 rings (SSSR count). The van der Waals surface area contributed by atoms with Gasteiger partial charge in [0.05, 0.1) is 14.4 Å². The maximum absolute atomic E-state index is 13.6. The number of thiophene rings is 1. The number of halogens is 2. The molecule has 1 N–H and O–H groups in total. The van der Waals surface area contributed by atoms with Crippen molar-refractivity contribution >= 4 is 48.7 Å². The predicted octanol–water partition coefficient (Wildman–Crippen LogP) is 3.67. The summed E-state index contributed by atoms with van der Waals surface area (Å²) < 4.78 is 40.7. The van der Waals surface area contributed by atoms with Crippen molar-refractivity contribution in [2.45, 2.75) is 11.8 Å². The fourth-order valence-corrected chi connectivity index (χ4v) is 5.08. The number of nitrogens with one attached hydrogen (secondary N) is 1. The number of nitrogens with zero attached hydrogens (tertiary/aromatic N) is 1. The van der Waals surface area contributed by atoms with E-state index in [0.717, 1.165) is 18.2 Å². The van der Waals surface area contributed by atoms with Crippen LogP contribution in [0.4, 0.5) is 15.8 Å². The Balaban J connectivity index is 2.43. The van der Waals surface area contributed by atoms with Gasteiger partial charge in [-0.05, 0) is 35.0 Å². The van der Waals surface area contributed by atoms with Crippen molar-refractivity contribution in [3.63, 3.8) is 0 Å². The van der Waals surface area contributed by atoms with Crippen LogP contribution in [0.5, 0.6) is 0 Å². The number of benzene rings is 1. The average molecular weight is 395 g/mol. The highest BCUT2D eigenvalue weighted by Crippen LogP contribution is 2.31. The summed E-state index contributed by atoms with van der Waals surface area (Å²) in [6.07, 6.45) is 0. The molecule has 6 nitrogen and oxygen atoms in total. The second kappa shape index (κ2) is 5.70. The zero-order chi connectivity index (χ0) is 15.8. The molecule has 112 valence electrons. The van der Waals surface area contributed by atoms with Gasteiger partial charge in [-0.2, -0.15) is 0 Å². The molecular weight excluding hydrogens is 387 g/mol. The molecule has 0 bridgehead atoms. The van der Waals surface area contributed by atoms with Crippen LogP contribution in [-0.2, 0) is 10.0 Å². The van der Waals surface area contributed by atoms with Crippen molar-refractivity contribution < 1.29 is 17.7 Å². The summed E-state index contributed by atoms with van der Waals surface area (Å²) in [6.45, 7) is 1.60. The third kappa shape index (κ3) is 3.39. The summed E-state index contributed by atoms with van der Waals surface area (Å²) in [4.78, 5) is 10.4. The maximum atomic E-state index is 13.6. The zero-order valence-corrected chi connectivity index (χ0v) is 13.7. The van der Waals surface area contributed by atoms with E-state index in [1.54, 1.807) is 6.92 Å². The molecule has 0 amide bonds. The Kier molecular flexibility index (Phi) is 4.30. The molecule has 1 heterocycles. The summed E-state index contributed by atoms with van der Waals surface area (Å²) in [5.74, 6) is -0.892. The van der Waals surface area contributed by atoms with E-state index < -0.39 is 32.1 Å². The van der Waals surface area contributed by atoms with Gasteiger partial charge in [-0.25, -0.2) is 12.8 Å². The van der Waals surface area contributed by atoms with Crippen molar-refractivity contribution in [1.29, 1.82) is 0 Å². The Morgan fingerprint density at radius 1 is 1.38 bits per heavy atom. The van der Waals surface area contributed by atoms with Crippen molar-refractivity contribution in [1.82, 2.24) is 0 Å². The molecule has 2 aromatic rings. The molecule has 0 saturated heterocycles. The van der Waals surface area contributed by atoms with Gasteiger partial charge < -0.3 is 0 Å². The van der Waals surface area contributed by atoms with Gasteiger partial charge in [0.2, 0.25) is 0 Å². The summed E-state index contributed by atoms with van der Waals surface area (Å²) in [7, 11) is -4.02. The van der Waals surface area contributed by atoms with Gasteiger partial charge in [0, 0.05) is 17.0 Å². The van der Waals surface area contributed by atoms with E-state index in [4.69, 9.17) is 0 Å². The third-order valence-electron chi connectivity index (χ3n) is 2.54. The van der Waals surface area contributed by atoms with E-state index in [1.165, 1.54) is 17.4 Å². The van der Waals surface area contributed by atoms with E-state index in [-0.39, 0.29) is 4.90 Å². The first-order chi connectivity index (χ1) is 9.70. The summed E-state index contributed by atoms with van der Waals surface area (Å²) in [6, 6.07) is 4.02. The molecule has 0 radical (unpaired) electrons. The number of rotatable bonds is 4. The van der Waals surface area contributed by atoms with Crippen LogP contribution >= 0.6 is 27.3 Å². The van der Waals surface area contributed by atoms with Crippen molar-refractivity contribution in [3.05, 3.63) is 48.9 Å². The number of non-ortho nitro benzene ring substituents is 1. The lowest BCUT2D eigenvalue weighted by Crippen LogP contribution is -2.14. The smallest absolute Gasteiger partial charge is 0.271 e. The molecule has 0 atom stereocenters. The van der Waals surface area contributed by atoms with Crippen LogP contribution in [0.2, 0.25) is 0 Å². The minimum atomic E-state index is -4.02. The van der Waals surface area contributed by atoms with Crippen molar-refractivity contribution in [3.8, 4) is 0 Å². The largest absolute Gasteiger partial charge is 0.276 e. The Labute approximate surface area is 131 Å². The molecule has 0 spiro atoms. The van der Waals surface area contributed by atoms with Crippen LogP contribution in [0, 0.1) is 22.9 Å². The van der Waals surface area contributed by atoms with Crippen LogP contribution in [0.25, 0.3) is 0 Å². The minimum absolute atomic E-state index is 0.00900. The average Bonchev–Trinajstić information content (AvgIpc) is 2.71. The molecule has 0 aliphatic carbocycles. The Morgan fingerprint density at radius 2 is 2.05 bits per heavy atom. The number of nitro benzene ring substituents is 1. The van der Waals surface area contributed by atoms with E-state index in [1.807, 2.05) is 4.72 Å². The fourth-order valence-electron chi connectivity index (χ4n) is 1.60. The molecule has 10 heteroatoms. The minimum Gasteiger partial charge on any atom is -0.276 e. The molecule has 0 aliphatic heterocycles. The zero-order valence-electron chi connectivity index (χ0n) is 10.5. The van der Waals surface area contributed by atoms with Gasteiger partial charge in [-0.1, -0.05) is 0 Å². The maximum Gasteiger partial charge on any atom is 0.271 e. The van der Waals surface area contributed by atoms with Gasteiger partial charge in [0.15, 0.2) is 0 Å². The topological polar surface area (TPSA) is 89.3 Å². The van der Waals surface area contributed by atoms with Crippen LogP contribution in [-0.4, -0.2) is 13.3 Å². The first-order valence-electron chi connectivity index (χ1n) is 5.43. The van der Waals surface area contributed by atoms with E-state index >= 15 is 0 Å². The number of nitro groups is 1. The highest BCUT2D eigenvalue weighted by molar-refractivity contribution is 9.11. The lowest BCUT2D eigenvalue weighted by Gasteiger charge is -2.08. The summed E-state index contributed by atoms with van der Waals surface area (Å²) >= 11 is 4.38. The SMILES string of the molecule is Cc1sc(Br)cc1S(=O)(=O)Nc1cc([N+](=O)[O-])ccc1F. The fraction of sp³-hybridized carbons (Fsp3) is 0.0909. The Morgan fingerprint density at radius 3 is 2.57 bits per heavy atom. The predicted molar refractivity (Wildman–Crippen MR) is 80.6 cm³/mol. The van der Waals surface area contributed by atoms with Crippen LogP contribution in [0.3, 0.4) is 0 Å². The molecule has 0 unspecified atom stereocenters. The number of sulfonamides is 1. The van der Waals surface area contributed by atoms with Crippen molar-refractivity contribution in [2.24, 2.45) is 0 Å². The molecular formula is C11H8BrFN2O4S2. The number of aryl methyl sites for hydroxylation is 1. The van der Waals surface area contributed by atoms with Gasteiger partial charge in [-0.15, -0.1) is 11.3 Å². The van der Waals surface area contributed by atoms with E-state index in [2.05, 4.69) is 15.9 Å². The van der Waals surface area contributed by atoms with E-state index in [0.29, 0.717) is 8.66 Å². The molecule has 21 heavy (non-hydrogen) atoms. The number of hydrogen-bond acceptors (Lipinski definition) is 5. The first kappa shape index (κ1) is 15.9. The quantitative estimate of drug-likeness (QED) is 0.632. The molecule has 0 saturated carbocycles. The Bertz CT molecular complexity index is 820. The van der Waals surface area contributed by atoms with Crippen LogP contribution in [0.15, 0.2) is 32.9 Å². The van der Waals surface area contributed by atoms with Gasteiger partial charge in [0.1, 0.15) is 10.7 Å². The molecule has 1 aromatic heterocycles. The van der Waals surface area contributed by atoms with Crippen LogP contribution in [0.1, 0.15) is 4.88 Å². The highest BCUT2D eigenvalue weighted by Gasteiger charge is 2.22. The van der Waals surface area contributed by atoms with Gasteiger partial charge in [0.25, 0.3) is 15.7 Å². The summed E-state index contributed by atoms with van der Waals surface area (Å²) in [5.41, 5.74) is -0.872.